The first-order valence-corrected chi connectivity index (χ1v) is 6.42. The van der Waals surface area contributed by atoms with Crippen molar-refractivity contribution in [2.75, 3.05) is 6.26 Å². The number of carbonyl (C=O) groups excluding carboxylic acids is 1. The first-order chi connectivity index (χ1) is 7.72. The van der Waals surface area contributed by atoms with Gasteiger partial charge in [-0.15, -0.1) is 28.2 Å². The molecule has 2 heterocycles. The van der Waals surface area contributed by atoms with Gasteiger partial charge in [-0.3, -0.25) is 0 Å². The Morgan fingerprint density at radius 3 is 3.12 bits per heavy atom. The number of hydrogen-bond acceptors (Lipinski definition) is 7. The molecule has 0 N–H and O–H groups in total. The molecule has 2 aromatic rings. The minimum Gasteiger partial charge on any atom is -0.316 e. The monoisotopic (exact) mass is 256 g/mol. The number of hydrogen-bond donors (Lipinski definition) is 0. The molecule has 2 rings (SSSR count). The third-order valence-corrected chi connectivity index (χ3v) is 3.80. The SMILES string of the molecule is CSc1sccc1-c1nnnn1OC(C)=O. The predicted molar refractivity (Wildman–Crippen MR) is 60.2 cm³/mol. The fourth-order valence-corrected chi connectivity index (χ4v) is 2.68. The summed E-state index contributed by atoms with van der Waals surface area (Å²) in [5.41, 5.74) is 0.865. The molecular weight excluding hydrogens is 248 g/mol. The summed E-state index contributed by atoms with van der Waals surface area (Å²) >= 11 is 3.19. The van der Waals surface area contributed by atoms with Crippen LogP contribution in [0.25, 0.3) is 11.4 Å². The van der Waals surface area contributed by atoms with E-state index in [9.17, 15) is 4.79 Å². The summed E-state index contributed by atoms with van der Waals surface area (Å²) in [6.07, 6.45) is 1.97. The maximum atomic E-state index is 10.8. The summed E-state index contributed by atoms with van der Waals surface area (Å²) in [6, 6.07) is 1.89. The molecule has 0 saturated heterocycles. The summed E-state index contributed by atoms with van der Waals surface area (Å²) in [5, 5.41) is 12.9. The van der Waals surface area contributed by atoms with Crippen molar-refractivity contribution in [3.05, 3.63) is 11.4 Å². The Bertz CT molecular complexity index is 508. The van der Waals surface area contributed by atoms with Crippen molar-refractivity contribution < 1.29 is 9.63 Å². The highest BCUT2D eigenvalue weighted by Crippen LogP contribution is 2.33. The summed E-state index contributed by atoms with van der Waals surface area (Å²) in [4.78, 5) is 16.7. The molecule has 0 atom stereocenters. The third-order valence-electron chi connectivity index (χ3n) is 1.71. The number of thiophene rings is 1. The fraction of sp³-hybridized carbons (Fsp3) is 0.250. The van der Waals surface area contributed by atoms with Crippen LogP contribution in [0.5, 0.6) is 0 Å². The lowest BCUT2D eigenvalue weighted by atomic mass is 10.3. The van der Waals surface area contributed by atoms with Gasteiger partial charge in [-0.2, -0.15) is 0 Å². The van der Waals surface area contributed by atoms with Crippen LogP contribution in [0.1, 0.15) is 6.92 Å². The topological polar surface area (TPSA) is 69.9 Å². The quantitative estimate of drug-likeness (QED) is 0.605. The van der Waals surface area contributed by atoms with E-state index in [0.29, 0.717) is 5.82 Å². The van der Waals surface area contributed by atoms with Gasteiger partial charge in [0.2, 0.25) is 5.82 Å². The van der Waals surface area contributed by atoms with E-state index in [1.807, 2.05) is 17.7 Å². The molecule has 84 valence electrons. The average molecular weight is 256 g/mol. The van der Waals surface area contributed by atoms with E-state index in [1.54, 1.807) is 23.1 Å². The highest BCUT2D eigenvalue weighted by Gasteiger charge is 2.16. The normalized spacial score (nSPS) is 10.4. The van der Waals surface area contributed by atoms with Crippen LogP contribution < -0.4 is 4.84 Å². The molecule has 2 aromatic heterocycles. The Morgan fingerprint density at radius 2 is 2.44 bits per heavy atom. The van der Waals surface area contributed by atoms with Gasteiger partial charge < -0.3 is 4.84 Å². The second kappa shape index (κ2) is 4.62. The molecule has 0 spiro atoms. The smallest absolute Gasteiger partial charge is 0.316 e. The zero-order valence-electron chi connectivity index (χ0n) is 8.58. The molecule has 16 heavy (non-hydrogen) atoms. The standard InChI is InChI=1S/C8H8N4O2S2/c1-5(13)14-12-7(9-10-11-12)6-3-4-16-8(6)15-2/h3-4H,1-2H3. The number of tetrazole rings is 1. The molecule has 0 radical (unpaired) electrons. The lowest BCUT2D eigenvalue weighted by Gasteiger charge is -2.01. The van der Waals surface area contributed by atoms with E-state index in [4.69, 9.17) is 4.84 Å². The minimum absolute atomic E-state index is 0.431. The van der Waals surface area contributed by atoms with Crippen LogP contribution in [-0.4, -0.2) is 32.6 Å². The molecule has 6 nitrogen and oxygen atoms in total. The average Bonchev–Trinajstić information content (AvgIpc) is 2.83. The van der Waals surface area contributed by atoms with Gasteiger partial charge in [-0.1, -0.05) is 0 Å². The van der Waals surface area contributed by atoms with Crippen LogP contribution in [0.3, 0.4) is 0 Å². The molecule has 0 fully saturated rings. The molecule has 0 amide bonds. The number of thioether (sulfide) groups is 1. The summed E-state index contributed by atoms with van der Waals surface area (Å²) in [6.45, 7) is 1.30. The fourth-order valence-electron chi connectivity index (χ4n) is 1.14. The van der Waals surface area contributed by atoms with Crippen LogP contribution >= 0.6 is 23.1 Å². The molecule has 0 aliphatic carbocycles. The van der Waals surface area contributed by atoms with Gasteiger partial charge in [0.05, 0.1) is 4.21 Å². The van der Waals surface area contributed by atoms with Crippen molar-refractivity contribution in [3.8, 4) is 11.4 Å². The summed E-state index contributed by atoms with van der Waals surface area (Å²) < 4.78 is 1.07. The molecular formula is C8H8N4O2S2. The highest BCUT2D eigenvalue weighted by molar-refractivity contribution is 8.00. The summed E-state index contributed by atoms with van der Waals surface area (Å²) in [7, 11) is 0. The zero-order valence-corrected chi connectivity index (χ0v) is 10.2. The Labute approximate surface area is 99.6 Å². The molecule has 0 saturated carbocycles. The van der Waals surface area contributed by atoms with E-state index in [2.05, 4.69) is 15.5 Å². The third kappa shape index (κ3) is 2.07. The van der Waals surface area contributed by atoms with Gasteiger partial charge in [0.15, 0.2) is 0 Å². The van der Waals surface area contributed by atoms with Crippen molar-refractivity contribution in [3.63, 3.8) is 0 Å². The van der Waals surface area contributed by atoms with Crippen LogP contribution in [0, 0.1) is 0 Å². The van der Waals surface area contributed by atoms with Crippen molar-refractivity contribution >= 4 is 29.1 Å². The Hall–Kier alpha value is -1.41. The summed E-state index contributed by atoms with van der Waals surface area (Å²) in [5.74, 6) is -0.0321. The molecule has 0 aliphatic heterocycles. The first kappa shape index (κ1) is 11.1. The second-order valence-corrected chi connectivity index (χ2v) is 4.78. The van der Waals surface area contributed by atoms with Crippen LogP contribution in [0.15, 0.2) is 15.7 Å². The Morgan fingerprint density at radius 1 is 1.62 bits per heavy atom. The van der Waals surface area contributed by atoms with Crippen molar-refractivity contribution in [1.29, 1.82) is 0 Å². The Kier molecular flexibility index (Phi) is 3.20. The van der Waals surface area contributed by atoms with Crippen molar-refractivity contribution in [2.45, 2.75) is 11.1 Å². The van der Waals surface area contributed by atoms with Gasteiger partial charge in [0, 0.05) is 12.5 Å². The maximum absolute atomic E-state index is 10.8. The number of carbonyl (C=O) groups is 1. The van der Waals surface area contributed by atoms with E-state index < -0.39 is 5.97 Å². The van der Waals surface area contributed by atoms with E-state index in [1.165, 1.54) is 6.92 Å². The largest absolute Gasteiger partial charge is 0.332 e. The van der Waals surface area contributed by atoms with Crippen LogP contribution in [0.4, 0.5) is 0 Å². The predicted octanol–water partition coefficient (Wildman–Crippen LogP) is 1.10. The zero-order chi connectivity index (χ0) is 11.5. The lowest BCUT2D eigenvalue weighted by molar-refractivity contribution is -0.143. The van der Waals surface area contributed by atoms with Gasteiger partial charge >= 0.3 is 5.97 Å². The number of rotatable bonds is 3. The number of aromatic nitrogens is 4. The maximum Gasteiger partial charge on any atom is 0.332 e. The van der Waals surface area contributed by atoms with Crippen molar-refractivity contribution in [1.82, 2.24) is 20.4 Å². The lowest BCUT2D eigenvalue weighted by Crippen LogP contribution is -2.19. The van der Waals surface area contributed by atoms with Crippen LogP contribution in [0.2, 0.25) is 0 Å². The van der Waals surface area contributed by atoms with E-state index >= 15 is 0 Å². The highest BCUT2D eigenvalue weighted by atomic mass is 32.2. The molecule has 0 aliphatic rings. The Balaban J connectivity index is 2.40. The van der Waals surface area contributed by atoms with E-state index in [-0.39, 0.29) is 0 Å². The van der Waals surface area contributed by atoms with Gasteiger partial charge in [-0.25, -0.2) is 4.79 Å². The van der Waals surface area contributed by atoms with Crippen molar-refractivity contribution in [2.24, 2.45) is 0 Å². The van der Waals surface area contributed by atoms with E-state index in [0.717, 1.165) is 14.6 Å². The molecule has 0 unspecified atom stereocenters. The minimum atomic E-state index is -0.463. The van der Waals surface area contributed by atoms with Gasteiger partial charge in [0.25, 0.3) is 0 Å². The number of nitrogens with zero attached hydrogens (tertiary/aromatic N) is 4. The molecule has 0 bridgehead atoms. The molecule has 8 heteroatoms. The van der Waals surface area contributed by atoms with Gasteiger partial charge in [0.1, 0.15) is 0 Å². The van der Waals surface area contributed by atoms with Gasteiger partial charge in [-0.05, 0) is 33.0 Å². The van der Waals surface area contributed by atoms with Crippen LogP contribution in [-0.2, 0) is 4.79 Å². The molecule has 0 aromatic carbocycles. The first-order valence-electron chi connectivity index (χ1n) is 4.31. The second-order valence-electron chi connectivity index (χ2n) is 2.78.